The molecule has 2 saturated heterocycles. The number of aryl methyl sites for hydroxylation is 1. The standard InChI is InChI=1S/C39H31BrFN3O5/c1-21-10-14-24(15-11-21)42-44-36(47)30-20-29-26(18-19-27-32(29)37(48)43(35(27)46)25-16-12-23(40)13-17-25)33(28-8-5-9-31(41)34(28)45)39(30,38(44)49)22-6-3-2-4-7-22/h2-18,27,29-30,32-33,42,45H,19-20H2,1H3. The fourth-order valence-electron chi connectivity index (χ4n) is 8.70. The second-order valence-corrected chi connectivity index (χ2v) is 14.2. The molecular formula is C39H31BrFN3O5. The molecule has 0 aromatic heterocycles. The van der Waals surface area contributed by atoms with Gasteiger partial charge in [0.15, 0.2) is 11.6 Å². The molecule has 4 amide bonds. The molecule has 8 nitrogen and oxygen atoms in total. The fourth-order valence-corrected chi connectivity index (χ4v) is 8.97. The highest BCUT2D eigenvalue weighted by Crippen LogP contribution is 2.65. The zero-order chi connectivity index (χ0) is 34.2. The summed E-state index contributed by atoms with van der Waals surface area (Å²) < 4.78 is 16.0. The number of hydrazine groups is 1. The molecular weight excluding hydrogens is 689 g/mol. The molecule has 2 N–H and O–H groups in total. The van der Waals surface area contributed by atoms with Gasteiger partial charge >= 0.3 is 0 Å². The van der Waals surface area contributed by atoms with Gasteiger partial charge in [-0.25, -0.2) is 4.39 Å². The van der Waals surface area contributed by atoms with Crippen LogP contribution in [0, 0.1) is 36.4 Å². The molecule has 0 spiro atoms. The van der Waals surface area contributed by atoms with Crippen molar-refractivity contribution in [3.8, 4) is 5.75 Å². The SMILES string of the molecule is Cc1ccc(NN2C(=O)C3CC4C(=CCC5C(=O)N(c6ccc(Br)cc6)C(=O)C54)C(c4cccc(F)c4O)C3(c3ccccc3)C2=O)cc1. The molecule has 1 saturated carbocycles. The maximum Gasteiger partial charge on any atom is 0.260 e. The zero-order valence-corrected chi connectivity index (χ0v) is 27.9. The minimum Gasteiger partial charge on any atom is -0.505 e. The van der Waals surface area contributed by atoms with Crippen LogP contribution in [0.15, 0.2) is 113 Å². The Labute approximate surface area is 290 Å². The first-order valence-electron chi connectivity index (χ1n) is 16.2. The van der Waals surface area contributed by atoms with Gasteiger partial charge in [-0.3, -0.25) is 29.5 Å². The molecule has 10 heteroatoms. The minimum atomic E-state index is -1.60. The lowest BCUT2D eigenvalue weighted by Gasteiger charge is -2.50. The molecule has 4 aromatic carbocycles. The van der Waals surface area contributed by atoms with Gasteiger partial charge in [-0.1, -0.05) is 87.7 Å². The van der Waals surface area contributed by atoms with Crippen LogP contribution in [-0.4, -0.2) is 33.7 Å². The van der Waals surface area contributed by atoms with Crippen LogP contribution in [-0.2, 0) is 24.6 Å². The average Bonchev–Trinajstić information content (AvgIpc) is 3.49. The van der Waals surface area contributed by atoms with Gasteiger partial charge in [0.25, 0.3) is 11.8 Å². The highest BCUT2D eigenvalue weighted by molar-refractivity contribution is 9.10. The molecule has 2 heterocycles. The smallest absolute Gasteiger partial charge is 0.260 e. The number of carbonyl (C=O) groups is 4. The van der Waals surface area contributed by atoms with Gasteiger partial charge in [-0.05, 0) is 73.7 Å². The summed E-state index contributed by atoms with van der Waals surface area (Å²) in [6.07, 6.45) is 2.19. The summed E-state index contributed by atoms with van der Waals surface area (Å²) in [4.78, 5) is 59.3. The van der Waals surface area contributed by atoms with Gasteiger partial charge in [-0.15, -0.1) is 0 Å². The van der Waals surface area contributed by atoms with Gasteiger partial charge in [0, 0.05) is 16.0 Å². The Kier molecular flexibility index (Phi) is 7.33. The predicted molar refractivity (Wildman–Crippen MR) is 183 cm³/mol. The second kappa shape index (κ2) is 11.5. The van der Waals surface area contributed by atoms with E-state index in [-0.39, 0.29) is 30.2 Å². The average molecular weight is 721 g/mol. The number of allylic oxidation sites excluding steroid dienone is 2. The third kappa shape index (κ3) is 4.53. The highest BCUT2D eigenvalue weighted by Gasteiger charge is 2.70. The molecule has 4 aromatic rings. The van der Waals surface area contributed by atoms with Crippen molar-refractivity contribution in [1.29, 1.82) is 0 Å². The first kappa shape index (κ1) is 31.2. The maximum absolute atomic E-state index is 15.2. The zero-order valence-electron chi connectivity index (χ0n) is 26.3. The van der Waals surface area contributed by atoms with Crippen LogP contribution in [0.4, 0.5) is 15.8 Å². The van der Waals surface area contributed by atoms with Gasteiger partial charge in [0.2, 0.25) is 11.8 Å². The Morgan fingerprint density at radius 2 is 1.55 bits per heavy atom. The number of hydrogen-bond acceptors (Lipinski definition) is 6. The molecule has 0 bridgehead atoms. The Bertz CT molecular complexity index is 2070. The summed E-state index contributed by atoms with van der Waals surface area (Å²) in [6, 6.07) is 27.3. The van der Waals surface area contributed by atoms with Gasteiger partial charge in [0.05, 0.1) is 34.5 Å². The number of imide groups is 2. The summed E-state index contributed by atoms with van der Waals surface area (Å²) in [5, 5.41) is 12.4. The lowest BCUT2D eigenvalue weighted by Crippen LogP contribution is -2.53. The maximum atomic E-state index is 15.2. The Morgan fingerprint density at radius 3 is 2.27 bits per heavy atom. The molecule has 0 radical (unpaired) electrons. The fraction of sp³-hybridized carbons (Fsp3) is 0.231. The number of nitrogens with one attached hydrogen (secondary N) is 1. The molecule has 2 aliphatic carbocycles. The Hall–Kier alpha value is -5.09. The number of anilines is 2. The van der Waals surface area contributed by atoms with E-state index in [1.165, 1.54) is 11.0 Å². The molecule has 8 rings (SSSR count). The van der Waals surface area contributed by atoms with E-state index in [2.05, 4.69) is 21.4 Å². The van der Waals surface area contributed by atoms with Crippen LogP contribution < -0.4 is 10.3 Å². The van der Waals surface area contributed by atoms with Crippen LogP contribution >= 0.6 is 15.9 Å². The number of phenols is 1. The van der Waals surface area contributed by atoms with E-state index in [1.54, 1.807) is 66.7 Å². The largest absolute Gasteiger partial charge is 0.505 e. The number of phenolic OH excluding ortho intramolecular Hbond substituents is 1. The number of benzene rings is 4. The quantitative estimate of drug-likeness (QED) is 0.174. The Morgan fingerprint density at radius 1 is 0.837 bits per heavy atom. The first-order valence-corrected chi connectivity index (χ1v) is 17.0. The van der Waals surface area contributed by atoms with Crippen molar-refractivity contribution in [2.24, 2.45) is 23.7 Å². The van der Waals surface area contributed by atoms with E-state index in [0.29, 0.717) is 22.5 Å². The number of para-hydroxylation sites is 1. The van der Waals surface area contributed by atoms with Crippen molar-refractivity contribution in [1.82, 2.24) is 5.01 Å². The van der Waals surface area contributed by atoms with Crippen molar-refractivity contribution in [2.75, 3.05) is 10.3 Å². The summed E-state index contributed by atoms with van der Waals surface area (Å²) in [6.45, 7) is 1.93. The van der Waals surface area contributed by atoms with Crippen LogP contribution in [0.1, 0.15) is 35.4 Å². The molecule has 2 aliphatic heterocycles. The summed E-state index contributed by atoms with van der Waals surface area (Å²) in [5.74, 6) is -7.42. The van der Waals surface area contributed by atoms with E-state index in [4.69, 9.17) is 0 Å². The number of rotatable bonds is 5. The number of hydrogen-bond donors (Lipinski definition) is 2. The van der Waals surface area contributed by atoms with Crippen molar-refractivity contribution in [3.63, 3.8) is 0 Å². The van der Waals surface area contributed by atoms with Crippen molar-refractivity contribution < 1.29 is 28.7 Å². The van der Waals surface area contributed by atoms with Crippen LogP contribution in [0.3, 0.4) is 0 Å². The number of halogens is 2. The second-order valence-electron chi connectivity index (χ2n) is 13.3. The number of amides is 4. The van der Waals surface area contributed by atoms with E-state index in [9.17, 15) is 19.5 Å². The summed E-state index contributed by atoms with van der Waals surface area (Å²) >= 11 is 3.41. The van der Waals surface area contributed by atoms with Crippen LogP contribution in [0.5, 0.6) is 5.75 Å². The molecule has 6 atom stereocenters. The lowest BCUT2D eigenvalue weighted by atomic mass is 9.49. The minimum absolute atomic E-state index is 0.0956. The van der Waals surface area contributed by atoms with Gasteiger partial charge in [0.1, 0.15) is 0 Å². The van der Waals surface area contributed by atoms with Crippen molar-refractivity contribution in [3.05, 3.63) is 136 Å². The normalized spacial score (nSPS) is 27.5. The van der Waals surface area contributed by atoms with Gasteiger partial charge in [-0.2, -0.15) is 5.01 Å². The van der Waals surface area contributed by atoms with Crippen molar-refractivity contribution >= 4 is 50.9 Å². The number of aromatic hydroxyl groups is 1. The number of nitrogens with zero attached hydrogens (tertiary/aromatic N) is 2. The van der Waals surface area contributed by atoms with Gasteiger partial charge < -0.3 is 5.11 Å². The van der Waals surface area contributed by atoms with Crippen molar-refractivity contribution in [2.45, 2.75) is 31.1 Å². The predicted octanol–water partition coefficient (Wildman–Crippen LogP) is 6.79. The van der Waals surface area contributed by atoms with Crippen LogP contribution in [0.2, 0.25) is 0 Å². The Balaban J connectivity index is 1.33. The molecule has 3 fully saturated rings. The third-order valence-corrected chi connectivity index (χ3v) is 11.3. The summed E-state index contributed by atoms with van der Waals surface area (Å²) in [7, 11) is 0. The highest BCUT2D eigenvalue weighted by atomic mass is 79.9. The van der Waals surface area contributed by atoms with E-state index in [0.717, 1.165) is 21.1 Å². The van der Waals surface area contributed by atoms with E-state index >= 15 is 9.18 Å². The van der Waals surface area contributed by atoms with E-state index in [1.807, 2.05) is 31.2 Å². The molecule has 49 heavy (non-hydrogen) atoms. The topological polar surface area (TPSA) is 107 Å². The lowest BCUT2D eigenvalue weighted by molar-refractivity contribution is -0.138. The molecule has 6 unspecified atom stereocenters. The monoisotopic (exact) mass is 719 g/mol. The summed E-state index contributed by atoms with van der Waals surface area (Å²) in [5.41, 5.74) is 4.72. The van der Waals surface area contributed by atoms with E-state index < -0.39 is 58.4 Å². The number of carbonyl (C=O) groups excluding carboxylic acids is 4. The van der Waals surface area contributed by atoms with Crippen LogP contribution in [0.25, 0.3) is 0 Å². The first-order chi connectivity index (χ1) is 23.6. The molecule has 4 aliphatic rings. The number of fused-ring (bicyclic) bond motifs is 4. The third-order valence-electron chi connectivity index (χ3n) is 10.8. The molecule has 246 valence electrons.